The van der Waals surface area contributed by atoms with Crippen molar-refractivity contribution in [3.63, 3.8) is 0 Å². The number of furan rings is 1. The molecule has 1 aliphatic rings. The van der Waals surface area contributed by atoms with Crippen LogP contribution in [0.2, 0.25) is 0 Å². The maximum atomic E-state index is 5.50. The van der Waals surface area contributed by atoms with Crippen LogP contribution in [0.25, 0.3) is 0 Å². The first-order chi connectivity index (χ1) is 9.86. The number of rotatable bonds is 6. The van der Waals surface area contributed by atoms with E-state index in [2.05, 4.69) is 30.4 Å². The Morgan fingerprint density at radius 3 is 2.90 bits per heavy atom. The van der Waals surface area contributed by atoms with Crippen molar-refractivity contribution in [2.24, 2.45) is 0 Å². The second-order valence-electron chi connectivity index (χ2n) is 5.31. The van der Waals surface area contributed by atoms with Crippen molar-refractivity contribution in [3.8, 4) is 0 Å². The summed E-state index contributed by atoms with van der Waals surface area (Å²) in [6.45, 7) is 4.69. The third kappa shape index (κ3) is 2.94. The van der Waals surface area contributed by atoms with Crippen LogP contribution in [-0.2, 0) is 24.4 Å². The highest BCUT2D eigenvalue weighted by molar-refractivity contribution is 5.35. The van der Waals surface area contributed by atoms with E-state index in [-0.39, 0.29) is 0 Å². The van der Waals surface area contributed by atoms with Gasteiger partial charge in [-0.1, -0.05) is 25.1 Å². The van der Waals surface area contributed by atoms with Gasteiger partial charge in [0.15, 0.2) is 0 Å². The van der Waals surface area contributed by atoms with E-state index in [0.29, 0.717) is 6.04 Å². The van der Waals surface area contributed by atoms with E-state index >= 15 is 0 Å². The average molecular weight is 271 g/mol. The van der Waals surface area contributed by atoms with Crippen LogP contribution in [0.3, 0.4) is 0 Å². The van der Waals surface area contributed by atoms with E-state index in [0.717, 1.165) is 38.4 Å². The standard InChI is InChI=1S/C17H21NO2/c1-2-7-18-17(10-16-4-3-8-20-16)13-5-6-14-11-19-12-15(14)9-13/h3-6,8-9,17-18H,2,7,10-12H2,1H3. The molecule has 0 saturated heterocycles. The van der Waals surface area contributed by atoms with E-state index < -0.39 is 0 Å². The molecule has 1 aromatic carbocycles. The molecule has 0 radical (unpaired) electrons. The van der Waals surface area contributed by atoms with Crippen LogP contribution in [0.5, 0.6) is 0 Å². The SMILES string of the molecule is CCCNC(Cc1ccco1)c1ccc2c(c1)COC2. The summed E-state index contributed by atoms with van der Waals surface area (Å²) in [6.07, 6.45) is 3.75. The minimum Gasteiger partial charge on any atom is -0.469 e. The summed E-state index contributed by atoms with van der Waals surface area (Å²) < 4.78 is 11.0. The number of benzene rings is 1. The molecule has 0 amide bonds. The van der Waals surface area contributed by atoms with Gasteiger partial charge in [-0.2, -0.15) is 0 Å². The van der Waals surface area contributed by atoms with Gasteiger partial charge in [-0.25, -0.2) is 0 Å². The van der Waals surface area contributed by atoms with Crippen molar-refractivity contribution in [1.29, 1.82) is 0 Å². The Kier molecular flexibility index (Phi) is 4.19. The maximum Gasteiger partial charge on any atom is 0.105 e. The molecule has 106 valence electrons. The first-order valence-electron chi connectivity index (χ1n) is 7.32. The molecule has 3 rings (SSSR count). The lowest BCUT2D eigenvalue weighted by Crippen LogP contribution is -2.24. The third-order valence-corrected chi connectivity index (χ3v) is 3.77. The normalized spacial score (nSPS) is 15.2. The van der Waals surface area contributed by atoms with Crippen LogP contribution in [0.1, 0.15) is 41.8 Å². The molecule has 20 heavy (non-hydrogen) atoms. The van der Waals surface area contributed by atoms with E-state index in [1.165, 1.54) is 16.7 Å². The summed E-state index contributed by atoms with van der Waals surface area (Å²) >= 11 is 0. The molecular formula is C17H21NO2. The van der Waals surface area contributed by atoms with E-state index in [1.807, 2.05) is 12.1 Å². The van der Waals surface area contributed by atoms with Crippen molar-refractivity contribution < 1.29 is 9.15 Å². The second kappa shape index (κ2) is 6.25. The number of fused-ring (bicyclic) bond motifs is 1. The quantitative estimate of drug-likeness (QED) is 0.871. The van der Waals surface area contributed by atoms with Gasteiger partial charge in [-0.05, 0) is 41.8 Å². The zero-order valence-corrected chi connectivity index (χ0v) is 11.9. The lowest BCUT2D eigenvalue weighted by atomic mass is 9.98. The highest BCUT2D eigenvalue weighted by Gasteiger charge is 2.17. The maximum absolute atomic E-state index is 5.50. The van der Waals surface area contributed by atoms with Gasteiger partial charge in [0, 0.05) is 12.5 Å². The molecular weight excluding hydrogens is 250 g/mol. The molecule has 1 aliphatic heterocycles. The Morgan fingerprint density at radius 2 is 2.10 bits per heavy atom. The summed E-state index contributed by atoms with van der Waals surface area (Å²) in [5, 5.41) is 3.61. The Morgan fingerprint density at radius 1 is 1.20 bits per heavy atom. The number of nitrogens with one attached hydrogen (secondary N) is 1. The zero-order chi connectivity index (χ0) is 13.8. The Hall–Kier alpha value is -1.58. The molecule has 0 saturated carbocycles. The zero-order valence-electron chi connectivity index (χ0n) is 11.9. The van der Waals surface area contributed by atoms with Gasteiger partial charge < -0.3 is 14.5 Å². The van der Waals surface area contributed by atoms with Crippen LogP contribution in [0.15, 0.2) is 41.0 Å². The molecule has 2 heterocycles. The first kappa shape index (κ1) is 13.4. The summed E-state index contributed by atoms with van der Waals surface area (Å²) in [7, 11) is 0. The van der Waals surface area contributed by atoms with Gasteiger partial charge in [0.05, 0.1) is 19.5 Å². The van der Waals surface area contributed by atoms with Crippen LogP contribution in [0, 0.1) is 0 Å². The average Bonchev–Trinajstić information content (AvgIpc) is 3.13. The summed E-state index contributed by atoms with van der Waals surface area (Å²) in [5.41, 5.74) is 3.96. The van der Waals surface area contributed by atoms with Crippen LogP contribution < -0.4 is 5.32 Å². The van der Waals surface area contributed by atoms with Gasteiger partial charge in [-0.3, -0.25) is 0 Å². The monoisotopic (exact) mass is 271 g/mol. The third-order valence-electron chi connectivity index (χ3n) is 3.77. The Bertz CT molecular complexity index is 548. The van der Waals surface area contributed by atoms with Crippen LogP contribution in [0.4, 0.5) is 0 Å². The number of hydrogen-bond donors (Lipinski definition) is 1. The minimum atomic E-state index is 0.298. The van der Waals surface area contributed by atoms with E-state index in [9.17, 15) is 0 Å². The summed E-state index contributed by atoms with van der Waals surface area (Å²) in [5.74, 6) is 1.02. The predicted octanol–water partition coefficient (Wildman–Crippen LogP) is 3.59. The fourth-order valence-corrected chi connectivity index (χ4v) is 2.67. The van der Waals surface area contributed by atoms with Gasteiger partial charge in [0.1, 0.15) is 5.76 Å². The largest absolute Gasteiger partial charge is 0.469 e. The Balaban J connectivity index is 1.80. The molecule has 1 aromatic heterocycles. The lowest BCUT2D eigenvalue weighted by molar-refractivity contribution is 0.134. The second-order valence-corrected chi connectivity index (χ2v) is 5.31. The van der Waals surface area contributed by atoms with Gasteiger partial charge >= 0.3 is 0 Å². The van der Waals surface area contributed by atoms with Gasteiger partial charge in [0.2, 0.25) is 0 Å². The summed E-state index contributed by atoms with van der Waals surface area (Å²) in [6, 6.07) is 11.0. The minimum absolute atomic E-state index is 0.298. The highest BCUT2D eigenvalue weighted by Crippen LogP contribution is 2.26. The fourth-order valence-electron chi connectivity index (χ4n) is 2.67. The van der Waals surface area contributed by atoms with Crippen molar-refractivity contribution in [1.82, 2.24) is 5.32 Å². The highest BCUT2D eigenvalue weighted by atomic mass is 16.5. The molecule has 0 fully saturated rings. The molecule has 1 atom stereocenters. The fraction of sp³-hybridized carbons (Fsp3) is 0.412. The molecule has 3 nitrogen and oxygen atoms in total. The van der Waals surface area contributed by atoms with Crippen LogP contribution >= 0.6 is 0 Å². The number of ether oxygens (including phenoxy) is 1. The van der Waals surface area contributed by atoms with Crippen molar-refractivity contribution >= 4 is 0 Å². The van der Waals surface area contributed by atoms with Crippen molar-refractivity contribution in [2.75, 3.05) is 6.54 Å². The van der Waals surface area contributed by atoms with E-state index in [1.54, 1.807) is 6.26 Å². The van der Waals surface area contributed by atoms with E-state index in [4.69, 9.17) is 9.15 Å². The molecule has 0 bridgehead atoms. The predicted molar refractivity (Wildman–Crippen MR) is 78.4 cm³/mol. The first-order valence-corrected chi connectivity index (χ1v) is 7.32. The number of hydrogen-bond acceptors (Lipinski definition) is 3. The van der Waals surface area contributed by atoms with Gasteiger partial charge in [0.25, 0.3) is 0 Å². The molecule has 2 aromatic rings. The van der Waals surface area contributed by atoms with Crippen LogP contribution in [-0.4, -0.2) is 6.54 Å². The molecule has 0 aliphatic carbocycles. The smallest absolute Gasteiger partial charge is 0.105 e. The Labute approximate surface area is 119 Å². The van der Waals surface area contributed by atoms with Gasteiger partial charge in [-0.15, -0.1) is 0 Å². The summed E-state index contributed by atoms with van der Waals surface area (Å²) in [4.78, 5) is 0. The van der Waals surface area contributed by atoms with Crippen molar-refractivity contribution in [2.45, 2.75) is 39.0 Å². The molecule has 3 heteroatoms. The molecule has 1 unspecified atom stereocenters. The topological polar surface area (TPSA) is 34.4 Å². The van der Waals surface area contributed by atoms with Crippen molar-refractivity contribution in [3.05, 3.63) is 59.0 Å². The lowest BCUT2D eigenvalue weighted by Gasteiger charge is -2.18. The molecule has 1 N–H and O–H groups in total. The molecule has 0 spiro atoms.